The molecule has 1 heterocycles. The molecule has 1 N–H and O–H groups in total. The number of pyridine rings is 1. The first kappa shape index (κ1) is 15.7. The Kier molecular flexibility index (Phi) is 4.55. The molecular weight excluding hydrogens is 297 g/mol. The highest BCUT2D eigenvalue weighted by Gasteiger charge is 2.17. The third kappa shape index (κ3) is 3.49. The van der Waals surface area contributed by atoms with Crippen molar-refractivity contribution in [2.45, 2.75) is 13.5 Å². The van der Waals surface area contributed by atoms with E-state index in [-0.39, 0.29) is 12.3 Å². The Hall–Kier alpha value is -2.70. The van der Waals surface area contributed by atoms with Crippen molar-refractivity contribution in [1.29, 1.82) is 0 Å². The van der Waals surface area contributed by atoms with Gasteiger partial charge in [0.05, 0.1) is 11.3 Å². The molecule has 2 rings (SSSR count). The molecule has 2 aromatic rings. The van der Waals surface area contributed by atoms with Crippen molar-refractivity contribution in [3.05, 3.63) is 59.7 Å². The lowest BCUT2D eigenvalue weighted by atomic mass is 10.2. The van der Waals surface area contributed by atoms with Gasteiger partial charge >= 0.3 is 0 Å². The van der Waals surface area contributed by atoms with Crippen LogP contribution in [-0.2, 0) is 11.3 Å². The van der Waals surface area contributed by atoms with Gasteiger partial charge in [0.25, 0.3) is 5.91 Å². The van der Waals surface area contributed by atoms with Gasteiger partial charge in [-0.05, 0) is 25.1 Å². The number of anilines is 1. The molecule has 0 radical (unpaired) electrons. The molecule has 1 aromatic heterocycles. The van der Waals surface area contributed by atoms with E-state index < -0.39 is 29.0 Å². The summed E-state index contributed by atoms with van der Waals surface area (Å²) in [5.41, 5.74) is -0.0403. The number of amides is 1. The highest BCUT2D eigenvalue weighted by Crippen LogP contribution is 2.19. The number of rotatable bonds is 4. The van der Waals surface area contributed by atoms with Crippen LogP contribution in [0, 0.1) is 17.5 Å². The monoisotopic (exact) mass is 309 g/mol. The topological polar surface area (TPSA) is 50.0 Å². The van der Waals surface area contributed by atoms with Gasteiger partial charge in [0, 0.05) is 6.07 Å². The molecule has 0 atom stereocenters. The van der Waals surface area contributed by atoms with Crippen LogP contribution < -0.4 is 9.88 Å². The number of carbonyl (C=O) groups is 2. The van der Waals surface area contributed by atoms with Crippen LogP contribution in [0.5, 0.6) is 0 Å². The van der Waals surface area contributed by atoms with Crippen LogP contribution in [0.15, 0.2) is 36.7 Å². The van der Waals surface area contributed by atoms with Gasteiger partial charge in [0.1, 0.15) is 0 Å². The van der Waals surface area contributed by atoms with Gasteiger partial charge in [-0.2, -0.15) is 4.57 Å². The average molecular weight is 309 g/mol. The molecule has 114 valence electrons. The fraction of sp³-hybridized carbons (Fsp3) is 0.133. The number of halogens is 3. The highest BCUT2D eigenvalue weighted by molar-refractivity contribution is 5.93. The van der Waals surface area contributed by atoms with Gasteiger partial charge in [-0.25, -0.2) is 13.2 Å². The summed E-state index contributed by atoms with van der Waals surface area (Å²) in [4.78, 5) is 23.1. The van der Waals surface area contributed by atoms with Gasteiger partial charge in [-0.15, -0.1) is 0 Å². The Morgan fingerprint density at radius 3 is 2.55 bits per heavy atom. The second-order valence-corrected chi connectivity index (χ2v) is 4.59. The summed E-state index contributed by atoms with van der Waals surface area (Å²) in [5.74, 6) is -5.25. The lowest BCUT2D eigenvalue weighted by Crippen LogP contribution is -2.40. The van der Waals surface area contributed by atoms with E-state index in [1.807, 2.05) is 0 Å². The Balaban J connectivity index is 2.12. The zero-order valence-corrected chi connectivity index (χ0v) is 11.6. The van der Waals surface area contributed by atoms with Crippen molar-refractivity contribution in [3.8, 4) is 0 Å². The molecule has 7 heteroatoms. The highest BCUT2D eigenvalue weighted by atomic mass is 19.2. The van der Waals surface area contributed by atoms with E-state index in [4.69, 9.17) is 0 Å². The fourth-order valence-corrected chi connectivity index (χ4v) is 1.81. The van der Waals surface area contributed by atoms with Crippen molar-refractivity contribution in [2.75, 3.05) is 5.32 Å². The summed E-state index contributed by atoms with van der Waals surface area (Å²) < 4.78 is 40.7. The second kappa shape index (κ2) is 6.38. The number of benzene rings is 1. The Morgan fingerprint density at radius 2 is 1.86 bits per heavy atom. The first-order valence-corrected chi connectivity index (χ1v) is 6.32. The van der Waals surface area contributed by atoms with E-state index in [1.54, 1.807) is 18.3 Å². The number of nitrogens with one attached hydrogen (secondary N) is 1. The summed E-state index contributed by atoms with van der Waals surface area (Å²) in [6.07, 6.45) is 3.01. The molecule has 0 aliphatic rings. The molecule has 1 aromatic carbocycles. The van der Waals surface area contributed by atoms with E-state index in [0.717, 1.165) is 12.1 Å². The quantitative estimate of drug-likeness (QED) is 0.535. The number of hydrogen-bond donors (Lipinski definition) is 1. The summed E-state index contributed by atoms with van der Waals surface area (Å²) >= 11 is 0. The number of carbonyl (C=O) groups excluding carboxylic acids is 2. The smallest absolute Gasteiger partial charge is 0.290 e. The van der Waals surface area contributed by atoms with Gasteiger partial charge in [0.15, 0.2) is 35.6 Å². The molecule has 0 fully saturated rings. The van der Waals surface area contributed by atoms with E-state index in [0.29, 0.717) is 5.56 Å². The summed E-state index contributed by atoms with van der Waals surface area (Å²) in [7, 11) is 0. The predicted molar refractivity (Wildman–Crippen MR) is 71.6 cm³/mol. The first-order valence-electron chi connectivity index (χ1n) is 6.32. The lowest BCUT2D eigenvalue weighted by molar-refractivity contribution is -0.684. The van der Waals surface area contributed by atoms with Crippen molar-refractivity contribution in [1.82, 2.24) is 0 Å². The molecule has 0 spiro atoms. The second-order valence-electron chi connectivity index (χ2n) is 4.59. The predicted octanol–water partition coefficient (Wildman–Crippen LogP) is 2.23. The zero-order chi connectivity index (χ0) is 16.3. The minimum Gasteiger partial charge on any atom is -0.318 e. The Labute approximate surface area is 124 Å². The van der Waals surface area contributed by atoms with E-state index in [1.165, 1.54) is 17.7 Å². The first-order chi connectivity index (χ1) is 10.4. The third-order valence-corrected chi connectivity index (χ3v) is 2.90. The average Bonchev–Trinajstić information content (AvgIpc) is 2.48. The largest absolute Gasteiger partial charge is 0.318 e. The summed E-state index contributed by atoms with van der Waals surface area (Å²) in [6, 6.07) is 4.83. The molecule has 0 bridgehead atoms. The molecule has 0 unspecified atom stereocenters. The van der Waals surface area contributed by atoms with Crippen molar-refractivity contribution in [3.63, 3.8) is 0 Å². The van der Waals surface area contributed by atoms with Crippen LogP contribution >= 0.6 is 0 Å². The van der Waals surface area contributed by atoms with E-state index in [2.05, 4.69) is 5.32 Å². The van der Waals surface area contributed by atoms with Crippen molar-refractivity contribution < 1.29 is 27.3 Å². The Bertz CT molecular complexity index is 748. The molecule has 0 saturated heterocycles. The fourth-order valence-electron chi connectivity index (χ4n) is 1.81. The lowest BCUT2D eigenvalue weighted by Gasteiger charge is -2.06. The number of Topliss-reactive ketones (excluding diaryl/α,β-unsaturated/α-hetero) is 1. The van der Waals surface area contributed by atoms with Gasteiger partial charge in [-0.1, -0.05) is 0 Å². The maximum atomic E-state index is 13.5. The molecule has 0 saturated carbocycles. The van der Waals surface area contributed by atoms with Crippen LogP contribution in [0.25, 0.3) is 0 Å². The standard InChI is InChI=1S/C15H11F3N2O2/c1-9(21)10-3-2-6-20(7-10)8-13(22)19-12-5-4-11(16)14(17)15(12)18/h2-7H,8H2,1H3/p+1. The molecule has 22 heavy (non-hydrogen) atoms. The van der Waals surface area contributed by atoms with Gasteiger partial charge < -0.3 is 5.32 Å². The molecule has 1 amide bonds. The maximum absolute atomic E-state index is 13.5. The Morgan fingerprint density at radius 1 is 1.14 bits per heavy atom. The van der Waals surface area contributed by atoms with Crippen molar-refractivity contribution in [2.24, 2.45) is 0 Å². The molecule has 0 aliphatic heterocycles. The van der Waals surface area contributed by atoms with Crippen LogP contribution in [0.3, 0.4) is 0 Å². The summed E-state index contributed by atoms with van der Waals surface area (Å²) in [6.45, 7) is 1.18. The van der Waals surface area contributed by atoms with E-state index in [9.17, 15) is 22.8 Å². The number of aromatic nitrogens is 1. The maximum Gasteiger partial charge on any atom is 0.290 e. The van der Waals surface area contributed by atoms with Crippen molar-refractivity contribution >= 4 is 17.4 Å². The number of nitrogens with zero attached hydrogens (tertiary/aromatic N) is 1. The normalized spacial score (nSPS) is 10.4. The molecule has 4 nitrogen and oxygen atoms in total. The summed E-state index contributed by atoms with van der Waals surface area (Å²) in [5, 5.41) is 2.15. The van der Waals surface area contributed by atoms with Crippen LogP contribution in [0.4, 0.5) is 18.9 Å². The van der Waals surface area contributed by atoms with E-state index >= 15 is 0 Å². The number of hydrogen-bond acceptors (Lipinski definition) is 2. The van der Waals surface area contributed by atoms with Crippen LogP contribution in [0.1, 0.15) is 17.3 Å². The molecule has 0 aliphatic carbocycles. The van der Waals surface area contributed by atoms with Gasteiger partial charge in [0.2, 0.25) is 6.54 Å². The van der Waals surface area contributed by atoms with Crippen LogP contribution in [0.2, 0.25) is 0 Å². The molecular formula is C15H12F3N2O2+. The zero-order valence-electron chi connectivity index (χ0n) is 11.6. The van der Waals surface area contributed by atoms with Gasteiger partial charge in [-0.3, -0.25) is 9.59 Å². The minimum absolute atomic E-state index is 0.165. The van der Waals surface area contributed by atoms with Crippen LogP contribution in [-0.4, -0.2) is 11.7 Å². The minimum atomic E-state index is -1.65. The SMILES string of the molecule is CC(=O)c1ccc[n+](CC(=O)Nc2ccc(F)c(F)c2F)c1. The third-order valence-electron chi connectivity index (χ3n) is 2.90. The number of ketones is 1.